The zero-order valence-electron chi connectivity index (χ0n) is 13.3. The van der Waals surface area contributed by atoms with Crippen molar-refractivity contribution >= 4 is 0 Å². The first-order chi connectivity index (χ1) is 8.84. The lowest BCUT2D eigenvalue weighted by atomic mass is 9.86. The smallest absolute Gasteiger partial charge is 0.122 e. The third kappa shape index (κ3) is 5.23. The molecule has 0 aliphatic heterocycles. The van der Waals surface area contributed by atoms with E-state index in [1.54, 1.807) is 0 Å². The van der Waals surface area contributed by atoms with Crippen LogP contribution >= 0.6 is 0 Å². The molecule has 0 heterocycles. The maximum atomic E-state index is 5.87. The molecule has 2 heteroatoms. The SMILES string of the molecule is CNC(C)CCCOc1ccc(C(C)(C)C)cc1C. The number of nitrogens with one attached hydrogen (secondary N) is 1. The Morgan fingerprint density at radius 2 is 1.95 bits per heavy atom. The maximum Gasteiger partial charge on any atom is 0.122 e. The second kappa shape index (κ2) is 6.95. The van der Waals surface area contributed by atoms with Crippen LogP contribution in [-0.2, 0) is 5.41 Å². The molecule has 1 atom stereocenters. The Hall–Kier alpha value is -1.02. The summed E-state index contributed by atoms with van der Waals surface area (Å²) in [6, 6.07) is 7.09. The van der Waals surface area contributed by atoms with Gasteiger partial charge in [0, 0.05) is 6.04 Å². The van der Waals surface area contributed by atoms with E-state index in [1.807, 2.05) is 7.05 Å². The Labute approximate surface area is 118 Å². The van der Waals surface area contributed by atoms with Gasteiger partial charge in [-0.25, -0.2) is 0 Å². The molecular weight excluding hydrogens is 234 g/mol. The Morgan fingerprint density at radius 3 is 2.47 bits per heavy atom. The number of benzene rings is 1. The molecule has 1 aromatic rings. The highest BCUT2D eigenvalue weighted by Gasteiger charge is 2.14. The van der Waals surface area contributed by atoms with Crippen LogP contribution in [0.2, 0.25) is 0 Å². The summed E-state index contributed by atoms with van der Waals surface area (Å²) >= 11 is 0. The Kier molecular flexibility index (Phi) is 5.86. The second-order valence-electron chi connectivity index (χ2n) is 6.41. The number of aryl methyl sites for hydroxylation is 1. The first kappa shape index (κ1) is 16.0. The number of rotatable bonds is 6. The van der Waals surface area contributed by atoms with Crippen LogP contribution in [-0.4, -0.2) is 19.7 Å². The fraction of sp³-hybridized carbons (Fsp3) is 0.647. The molecule has 0 aromatic heterocycles. The van der Waals surface area contributed by atoms with Crippen molar-refractivity contribution in [1.82, 2.24) is 5.32 Å². The van der Waals surface area contributed by atoms with E-state index < -0.39 is 0 Å². The summed E-state index contributed by atoms with van der Waals surface area (Å²) < 4.78 is 5.87. The largest absolute Gasteiger partial charge is 0.493 e. The quantitative estimate of drug-likeness (QED) is 0.782. The summed E-state index contributed by atoms with van der Waals surface area (Å²) in [4.78, 5) is 0. The van der Waals surface area contributed by atoms with Gasteiger partial charge in [-0.1, -0.05) is 32.9 Å². The molecule has 0 fully saturated rings. The van der Waals surface area contributed by atoms with Crippen molar-refractivity contribution in [2.24, 2.45) is 0 Å². The van der Waals surface area contributed by atoms with Gasteiger partial charge in [0.1, 0.15) is 5.75 Å². The Bertz CT molecular complexity index is 393. The van der Waals surface area contributed by atoms with E-state index in [1.165, 1.54) is 11.1 Å². The number of hydrogen-bond donors (Lipinski definition) is 1. The van der Waals surface area contributed by atoms with Crippen molar-refractivity contribution in [2.45, 2.75) is 58.9 Å². The van der Waals surface area contributed by atoms with Crippen LogP contribution in [0.25, 0.3) is 0 Å². The Morgan fingerprint density at radius 1 is 1.26 bits per heavy atom. The van der Waals surface area contributed by atoms with Gasteiger partial charge < -0.3 is 10.1 Å². The van der Waals surface area contributed by atoms with E-state index in [0.29, 0.717) is 6.04 Å². The van der Waals surface area contributed by atoms with Crippen LogP contribution in [0.15, 0.2) is 18.2 Å². The lowest BCUT2D eigenvalue weighted by Crippen LogP contribution is -2.21. The van der Waals surface area contributed by atoms with Gasteiger partial charge in [0.2, 0.25) is 0 Å². The molecule has 0 saturated carbocycles. The van der Waals surface area contributed by atoms with Crippen LogP contribution in [0.5, 0.6) is 5.75 Å². The minimum atomic E-state index is 0.200. The van der Waals surface area contributed by atoms with Crippen molar-refractivity contribution in [3.63, 3.8) is 0 Å². The zero-order valence-corrected chi connectivity index (χ0v) is 13.3. The minimum absolute atomic E-state index is 0.200. The topological polar surface area (TPSA) is 21.3 Å². The van der Waals surface area contributed by atoms with Gasteiger partial charge in [-0.15, -0.1) is 0 Å². The van der Waals surface area contributed by atoms with Crippen LogP contribution < -0.4 is 10.1 Å². The van der Waals surface area contributed by atoms with Crippen LogP contribution in [0.3, 0.4) is 0 Å². The molecule has 0 spiro atoms. The van der Waals surface area contributed by atoms with E-state index in [-0.39, 0.29) is 5.41 Å². The average Bonchev–Trinajstić information content (AvgIpc) is 2.34. The molecule has 1 aromatic carbocycles. The molecular formula is C17H29NO. The average molecular weight is 263 g/mol. The van der Waals surface area contributed by atoms with Crippen LogP contribution in [0, 0.1) is 6.92 Å². The second-order valence-corrected chi connectivity index (χ2v) is 6.41. The third-order valence-electron chi connectivity index (χ3n) is 3.57. The molecule has 2 nitrogen and oxygen atoms in total. The Balaban J connectivity index is 2.52. The fourth-order valence-electron chi connectivity index (χ4n) is 1.99. The van der Waals surface area contributed by atoms with E-state index >= 15 is 0 Å². The van der Waals surface area contributed by atoms with Gasteiger partial charge in [-0.05, 0) is 56.3 Å². The van der Waals surface area contributed by atoms with Crippen molar-refractivity contribution in [3.8, 4) is 5.75 Å². The summed E-state index contributed by atoms with van der Waals surface area (Å²) in [6.45, 7) is 11.8. The summed E-state index contributed by atoms with van der Waals surface area (Å²) in [5.74, 6) is 1.02. The fourth-order valence-corrected chi connectivity index (χ4v) is 1.99. The van der Waals surface area contributed by atoms with E-state index in [9.17, 15) is 0 Å². The van der Waals surface area contributed by atoms with Crippen molar-refractivity contribution < 1.29 is 4.74 Å². The van der Waals surface area contributed by atoms with Crippen molar-refractivity contribution in [3.05, 3.63) is 29.3 Å². The van der Waals surface area contributed by atoms with Crippen molar-refractivity contribution in [1.29, 1.82) is 0 Å². The lowest BCUT2D eigenvalue weighted by Gasteiger charge is -2.20. The summed E-state index contributed by atoms with van der Waals surface area (Å²) in [7, 11) is 2.00. The lowest BCUT2D eigenvalue weighted by molar-refractivity contribution is 0.297. The molecule has 1 rings (SSSR count). The summed E-state index contributed by atoms with van der Waals surface area (Å²) in [5.41, 5.74) is 2.79. The molecule has 0 aliphatic rings. The molecule has 1 N–H and O–H groups in total. The predicted octanol–water partition coefficient (Wildman–Crippen LogP) is 4.06. The van der Waals surface area contributed by atoms with Gasteiger partial charge in [0.15, 0.2) is 0 Å². The van der Waals surface area contributed by atoms with Gasteiger partial charge >= 0.3 is 0 Å². The molecule has 1 unspecified atom stereocenters. The third-order valence-corrected chi connectivity index (χ3v) is 3.57. The van der Waals surface area contributed by atoms with E-state index in [0.717, 1.165) is 25.2 Å². The highest BCUT2D eigenvalue weighted by Crippen LogP contribution is 2.27. The van der Waals surface area contributed by atoms with Gasteiger partial charge in [0.05, 0.1) is 6.61 Å². The molecule has 0 bridgehead atoms. The maximum absolute atomic E-state index is 5.87. The summed E-state index contributed by atoms with van der Waals surface area (Å²) in [6.07, 6.45) is 2.23. The molecule has 108 valence electrons. The molecule has 19 heavy (non-hydrogen) atoms. The summed E-state index contributed by atoms with van der Waals surface area (Å²) in [5, 5.41) is 3.24. The number of ether oxygens (including phenoxy) is 1. The highest BCUT2D eigenvalue weighted by molar-refractivity contribution is 5.38. The van der Waals surface area contributed by atoms with Crippen LogP contribution in [0.1, 0.15) is 51.7 Å². The molecule has 0 amide bonds. The molecule has 0 saturated heterocycles. The van der Waals surface area contributed by atoms with E-state index in [4.69, 9.17) is 4.74 Å². The van der Waals surface area contributed by atoms with E-state index in [2.05, 4.69) is 58.1 Å². The standard InChI is InChI=1S/C17H29NO/c1-13-12-15(17(3,4)5)9-10-16(13)19-11-7-8-14(2)18-6/h9-10,12,14,18H,7-8,11H2,1-6H3. The number of hydrogen-bond acceptors (Lipinski definition) is 2. The monoisotopic (exact) mass is 263 g/mol. The molecule has 0 radical (unpaired) electrons. The first-order valence-corrected chi connectivity index (χ1v) is 7.26. The normalized spacial score (nSPS) is 13.4. The zero-order chi connectivity index (χ0) is 14.5. The highest BCUT2D eigenvalue weighted by atomic mass is 16.5. The molecule has 0 aliphatic carbocycles. The minimum Gasteiger partial charge on any atom is -0.493 e. The predicted molar refractivity (Wildman–Crippen MR) is 83.1 cm³/mol. The van der Waals surface area contributed by atoms with Crippen molar-refractivity contribution in [2.75, 3.05) is 13.7 Å². The first-order valence-electron chi connectivity index (χ1n) is 7.26. The van der Waals surface area contributed by atoms with Gasteiger partial charge in [0.25, 0.3) is 0 Å². The van der Waals surface area contributed by atoms with Crippen LogP contribution in [0.4, 0.5) is 0 Å². The van der Waals surface area contributed by atoms with Gasteiger partial charge in [-0.3, -0.25) is 0 Å². The van der Waals surface area contributed by atoms with Gasteiger partial charge in [-0.2, -0.15) is 0 Å².